The summed E-state index contributed by atoms with van der Waals surface area (Å²) in [5.74, 6) is -0.408. The molecule has 0 aliphatic heterocycles. The topological polar surface area (TPSA) is 75.4 Å². The molecule has 0 aromatic heterocycles. The van der Waals surface area contributed by atoms with Crippen molar-refractivity contribution in [3.63, 3.8) is 0 Å². The molecule has 4 N–H and O–H groups in total. The Kier molecular flexibility index (Phi) is 4.33. The van der Waals surface area contributed by atoms with Crippen LogP contribution in [-0.2, 0) is 6.54 Å². The number of aliphatic hydroxyl groups is 1. The average Bonchev–Trinajstić information content (AvgIpc) is 2.38. The molecule has 18 heavy (non-hydrogen) atoms. The molecule has 1 aromatic rings. The van der Waals surface area contributed by atoms with Crippen molar-refractivity contribution in [3.05, 3.63) is 35.4 Å². The van der Waals surface area contributed by atoms with Gasteiger partial charge in [0.15, 0.2) is 0 Å². The highest BCUT2D eigenvalue weighted by atomic mass is 16.3. The Bertz CT molecular complexity index is 420. The minimum atomic E-state index is -0.408. The van der Waals surface area contributed by atoms with Gasteiger partial charge < -0.3 is 16.2 Å². The molecule has 0 heterocycles. The van der Waals surface area contributed by atoms with Crippen LogP contribution in [-0.4, -0.2) is 23.2 Å². The number of nitrogens with one attached hydrogen (secondary N) is 1. The zero-order valence-corrected chi connectivity index (χ0v) is 10.4. The molecule has 1 amide bonds. The lowest BCUT2D eigenvalue weighted by Gasteiger charge is -2.28. The number of benzene rings is 1. The Morgan fingerprint density at radius 1 is 1.39 bits per heavy atom. The third kappa shape index (κ3) is 3.31. The van der Waals surface area contributed by atoms with Crippen LogP contribution in [0.4, 0.5) is 0 Å². The third-order valence-electron chi connectivity index (χ3n) is 3.51. The van der Waals surface area contributed by atoms with Crippen molar-refractivity contribution >= 4 is 5.91 Å². The van der Waals surface area contributed by atoms with Gasteiger partial charge in [-0.25, -0.2) is 0 Å². The zero-order chi connectivity index (χ0) is 13.0. The average molecular weight is 248 g/mol. The lowest BCUT2D eigenvalue weighted by Crippen LogP contribution is -2.41. The highest BCUT2D eigenvalue weighted by Crippen LogP contribution is 2.18. The molecule has 0 unspecified atom stereocenters. The molecule has 2 atom stereocenters. The summed E-state index contributed by atoms with van der Waals surface area (Å²) in [5, 5.41) is 13.2. The maximum atomic E-state index is 11.1. The van der Waals surface area contributed by atoms with E-state index in [4.69, 9.17) is 5.73 Å². The van der Waals surface area contributed by atoms with Crippen LogP contribution < -0.4 is 11.1 Å². The van der Waals surface area contributed by atoms with E-state index in [1.54, 1.807) is 12.1 Å². The van der Waals surface area contributed by atoms with Gasteiger partial charge in [0, 0.05) is 18.2 Å². The van der Waals surface area contributed by atoms with Crippen molar-refractivity contribution in [3.8, 4) is 0 Å². The maximum Gasteiger partial charge on any atom is 0.248 e. The predicted molar refractivity (Wildman–Crippen MR) is 70.1 cm³/mol. The van der Waals surface area contributed by atoms with E-state index in [1.807, 2.05) is 12.1 Å². The van der Waals surface area contributed by atoms with Gasteiger partial charge in [0.25, 0.3) is 0 Å². The van der Waals surface area contributed by atoms with Gasteiger partial charge in [0.05, 0.1) is 6.10 Å². The van der Waals surface area contributed by atoms with E-state index in [2.05, 4.69) is 5.32 Å². The summed E-state index contributed by atoms with van der Waals surface area (Å²) in [5.41, 5.74) is 6.79. The van der Waals surface area contributed by atoms with Crippen LogP contribution in [0.2, 0.25) is 0 Å². The van der Waals surface area contributed by atoms with Crippen molar-refractivity contribution in [2.75, 3.05) is 0 Å². The number of aliphatic hydroxyl groups excluding tert-OH is 1. The number of rotatable bonds is 4. The summed E-state index contributed by atoms with van der Waals surface area (Å²) in [7, 11) is 0. The number of carbonyl (C=O) groups is 1. The van der Waals surface area contributed by atoms with Crippen molar-refractivity contribution in [2.45, 2.75) is 44.4 Å². The number of hydrogen-bond donors (Lipinski definition) is 3. The van der Waals surface area contributed by atoms with E-state index < -0.39 is 5.91 Å². The van der Waals surface area contributed by atoms with Crippen LogP contribution in [0.5, 0.6) is 0 Å². The first kappa shape index (κ1) is 13.1. The first-order valence-electron chi connectivity index (χ1n) is 6.47. The smallest absolute Gasteiger partial charge is 0.248 e. The van der Waals surface area contributed by atoms with Crippen LogP contribution in [0.15, 0.2) is 24.3 Å². The van der Waals surface area contributed by atoms with Gasteiger partial charge in [0.1, 0.15) is 0 Å². The molecular formula is C14H20N2O2. The molecule has 0 bridgehead atoms. The van der Waals surface area contributed by atoms with Gasteiger partial charge in [-0.05, 0) is 30.5 Å². The lowest BCUT2D eigenvalue weighted by molar-refractivity contribution is 0.0902. The van der Waals surface area contributed by atoms with Crippen LogP contribution in [0.1, 0.15) is 41.6 Å². The van der Waals surface area contributed by atoms with Crippen molar-refractivity contribution in [2.24, 2.45) is 5.73 Å². The van der Waals surface area contributed by atoms with E-state index in [0.29, 0.717) is 12.1 Å². The number of carbonyl (C=O) groups excluding carboxylic acids is 1. The zero-order valence-electron chi connectivity index (χ0n) is 10.4. The van der Waals surface area contributed by atoms with E-state index in [9.17, 15) is 9.90 Å². The molecule has 1 aliphatic carbocycles. The van der Waals surface area contributed by atoms with Gasteiger partial charge in [-0.2, -0.15) is 0 Å². The molecule has 98 valence electrons. The van der Waals surface area contributed by atoms with Gasteiger partial charge in [-0.15, -0.1) is 0 Å². The van der Waals surface area contributed by atoms with Gasteiger partial charge >= 0.3 is 0 Å². The third-order valence-corrected chi connectivity index (χ3v) is 3.51. The Balaban J connectivity index is 1.93. The summed E-state index contributed by atoms with van der Waals surface area (Å²) in [6.45, 7) is 0.656. The summed E-state index contributed by atoms with van der Waals surface area (Å²) < 4.78 is 0. The molecule has 1 saturated carbocycles. The minimum Gasteiger partial charge on any atom is -0.392 e. The summed E-state index contributed by atoms with van der Waals surface area (Å²) >= 11 is 0. The van der Waals surface area contributed by atoms with Gasteiger partial charge in [-0.1, -0.05) is 25.0 Å². The quantitative estimate of drug-likeness (QED) is 0.749. The SMILES string of the molecule is NC(=O)c1cccc(CN[C@@H]2CCCC[C@H]2O)c1. The lowest BCUT2D eigenvalue weighted by atomic mass is 9.92. The van der Waals surface area contributed by atoms with E-state index in [1.165, 1.54) is 0 Å². The Morgan fingerprint density at radius 3 is 2.89 bits per heavy atom. The maximum absolute atomic E-state index is 11.1. The highest BCUT2D eigenvalue weighted by molar-refractivity contribution is 5.92. The fourth-order valence-electron chi connectivity index (χ4n) is 2.43. The molecule has 1 aliphatic rings. The summed E-state index contributed by atoms with van der Waals surface area (Å²) in [4.78, 5) is 11.1. The number of hydrogen-bond acceptors (Lipinski definition) is 3. The molecule has 4 nitrogen and oxygen atoms in total. The largest absolute Gasteiger partial charge is 0.392 e. The van der Waals surface area contributed by atoms with E-state index in [0.717, 1.165) is 31.2 Å². The second-order valence-corrected chi connectivity index (χ2v) is 4.90. The minimum absolute atomic E-state index is 0.163. The molecule has 1 fully saturated rings. The number of nitrogens with two attached hydrogens (primary N) is 1. The standard InChI is InChI=1S/C14H20N2O2/c15-14(18)11-5-3-4-10(8-11)9-16-12-6-1-2-7-13(12)17/h3-5,8,12-13,16-17H,1-2,6-7,9H2,(H2,15,18)/t12-,13-/m1/s1. The Morgan fingerprint density at radius 2 is 2.17 bits per heavy atom. The van der Waals surface area contributed by atoms with Crippen LogP contribution in [0.3, 0.4) is 0 Å². The van der Waals surface area contributed by atoms with E-state index >= 15 is 0 Å². The Labute approximate surface area is 107 Å². The van der Waals surface area contributed by atoms with Crippen LogP contribution >= 0.6 is 0 Å². The first-order valence-corrected chi connectivity index (χ1v) is 6.47. The predicted octanol–water partition coefficient (Wildman–Crippen LogP) is 1.18. The Hall–Kier alpha value is -1.39. The number of primary amides is 1. The molecule has 0 spiro atoms. The fourth-order valence-corrected chi connectivity index (χ4v) is 2.43. The van der Waals surface area contributed by atoms with Crippen molar-refractivity contribution < 1.29 is 9.90 Å². The fraction of sp³-hybridized carbons (Fsp3) is 0.500. The normalized spacial score (nSPS) is 23.8. The van der Waals surface area contributed by atoms with Gasteiger partial charge in [0.2, 0.25) is 5.91 Å². The van der Waals surface area contributed by atoms with Gasteiger partial charge in [-0.3, -0.25) is 4.79 Å². The van der Waals surface area contributed by atoms with Crippen molar-refractivity contribution in [1.82, 2.24) is 5.32 Å². The van der Waals surface area contributed by atoms with Crippen molar-refractivity contribution in [1.29, 1.82) is 0 Å². The van der Waals surface area contributed by atoms with E-state index in [-0.39, 0.29) is 12.1 Å². The second-order valence-electron chi connectivity index (χ2n) is 4.90. The summed E-state index contributed by atoms with van der Waals surface area (Å²) in [6, 6.07) is 7.45. The summed E-state index contributed by atoms with van der Waals surface area (Å²) in [6.07, 6.45) is 3.90. The molecule has 1 aromatic carbocycles. The monoisotopic (exact) mass is 248 g/mol. The second kappa shape index (κ2) is 5.98. The molecule has 4 heteroatoms. The molecule has 2 rings (SSSR count). The molecule has 0 saturated heterocycles. The molecular weight excluding hydrogens is 228 g/mol. The first-order chi connectivity index (χ1) is 8.66. The number of amides is 1. The highest BCUT2D eigenvalue weighted by Gasteiger charge is 2.22. The molecule has 0 radical (unpaired) electrons. The van der Waals surface area contributed by atoms with Crippen LogP contribution in [0, 0.1) is 0 Å². The van der Waals surface area contributed by atoms with Crippen LogP contribution in [0.25, 0.3) is 0 Å².